The summed E-state index contributed by atoms with van der Waals surface area (Å²) in [5.74, 6) is -0.146. The van der Waals surface area contributed by atoms with Crippen molar-refractivity contribution in [3.63, 3.8) is 0 Å². The molecule has 1 heterocycles. The van der Waals surface area contributed by atoms with Crippen LogP contribution in [-0.4, -0.2) is 17.0 Å². The lowest BCUT2D eigenvalue weighted by Crippen LogP contribution is -2.17. The first-order chi connectivity index (χ1) is 12.5. The minimum Gasteiger partial charge on any atom is -0.455 e. The molecule has 0 fully saturated rings. The molecule has 0 saturated heterocycles. The van der Waals surface area contributed by atoms with Crippen molar-refractivity contribution >= 4 is 17.8 Å². The molecule has 0 bridgehead atoms. The number of halogens is 1. The predicted molar refractivity (Wildman–Crippen MR) is 92.3 cm³/mol. The summed E-state index contributed by atoms with van der Waals surface area (Å²) in [6.07, 6.45) is 1.29. The quantitative estimate of drug-likeness (QED) is 0.429. The molecule has 1 N–H and O–H groups in total. The van der Waals surface area contributed by atoms with E-state index >= 15 is 0 Å². The first-order valence-electron chi connectivity index (χ1n) is 7.46. The second-order valence-corrected chi connectivity index (χ2v) is 5.22. The molecule has 0 spiro atoms. The van der Waals surface area contributed by atoms with Gasteiger partial charge in [0.1, 0.15) is 17.3 Å². The van der Waals surface area contributed by atoms with Gasteiger partial charge in [0, 0.05) is 23.3 Å². The Morgan fingerprint density at radius 1 is 1.15 bits per heavy atom. The summed E-state index contributed by atoms with van der Waals surface area (Å²) in [7, 11) is 0. The maximum Gasteiger partial charge on any atom is 0.271 e. The number of carbonyl (C=O) groups is 1. The number of hydrogen-bond acceptors (Lipinski definition) is 5. The average Bonchev–Trinajstić information content (AvgIpc) is 3.11. The minimum absolute atomic E-state index is 0.0410. The van der Waals surface area contributed by atoms with Gasteiger partial charge in [-0.3, -0.25) is 14.9 Å². The van der Waals surface area contributed by atoms with E-state index in [-0.39, 0.29) is 11.3 Å². The van der Waals surface area contributed by atoms with E-state index in [1.54, 1.807) is 24.3 Å². The van der Waals surface area contributed by atoms with E-state index in [2.05, 4.69) is 10.5 Å². The van der Waals surface area contributed by atoms with E-state index in [9.17, 15) is 19.3 Å². The fraction of sp³-hybridized carbons (Fsp3) is 0. The van der Waals surface area contributed by atoms with Crippen LogP contribution in [0.15, 0.2) is 70.2 Å². The molecular weight excluding hydrogens is 341 g/mol. The van der Waals surface area contributed by atoms with Crippen LogP contribution >= 0.6 is 0 Å². The summed E-state index contributed by atoms with van der Waals surface area (Å²) in [4.78, 5) is 22.2. The van der Waals surface area contributed by atoms with E-state index in [0.29, 0.717) is 17.1 Å². The maximum absolute atomic E-state index is 12.8. The number of hydrogen-bond donors (Lipinski definition) is 1. The summed E-state index contributed by atoms with van der Waals surface area (Å²) >= 11 is 0. The van der Waals surface area contributed by atoms with E-state index in [1.807, 2.05) is 0 Å². The van der Waals surface area contributed by atoms with Gasteiger partial charge >= 0.3 is 0 Å². The van der Waals surface area contributed by atoms with Crippen LogP contribution in [0, 0.1) is 15.9 Å². The zero-order valence-electron chi connectivity index (χ0n) is 13.3. The Morgan fingerprint density at radius 2 is 1.92 bits per heavy atom. The number of nitrogens with one attached hydrogen (secondary N) is 1. The van der Waals surface area contributed by atoms with Crippen molar-refractivity contribution in [3.05, 3.63) is 87.9 Å². The van der Waals surface area contributed by atoms with Gasteiger partial charge < -0.3 is 4.42 Å². The van der Waals surface area contributed by atoms with Crippen LogP contribution < -0.4 is 5.43 Å². The highest BCUT2D eigenvalue weighted by molar-refractivity contribution is 5.94. The number of nitrogens with zero attached hydrogens (tertiary/aromatic N) is 2. The molecule has 1 amide bonds. The predicted octanol–water partition coefficient (Wildman–Crippen LogP) is 3.76. The number of carbonyl (C=O) groups excluding carboxylic acids is 1. The largest absolute Gasteiger partial charge is 0.455 e. The molecule has 0 aliphatic rings. The number of hydrazone groups is 1. The van der Waals surface area contributed by atoms with Crippen LogP contribution in [-0.2, 0) is 0 Å². The Kier molecular flexibility index (Phi) is 4.84. The van der Waals surface area contributed by atoms with Crippen LogP contribution in [0.5, 0.6) is 0 Å². The SMILES string of the molecule is O=C(N/N=C\c1ccc(-c2cccc([N+](=O)[O-])c2)o1)c1ccc(F)cc1. The van der Waals surface area contributed by atoms with Crippen molar-refractivity contribution in [2.75, 3.05) is 0 Å². The summed E-state index contributed by atoms with van der Waals surface area (Å²) < 4.78 is 18.4. The molecule has 0 radical (unpaired) electrons. The van der Waals surface area contributed by atoms with Crippen LogP contribution in [0.3, 0.4) is 0 Å². The van der Waals surface area contributed by atoms with Gasteiger partial charge in [-0.25, -0.2) is 9.82 Å². The van der Waals surface area contributed by atoms with E-state index in [1.165, 1.54) is 42.6 Å². The number of amides is 1. The fourth-order valence-corrected chi connectivity index (χ4v) is 2.17. The number of non-ortho nitro benzene ring substituents is 1. The van der Waals surface area contributed by atoms with Gasteiger partial charge in [-0.15, -0.1) is 0 Å². The summed E-state index contributed by atoms with van der Waals surface area (Å²) in [6.45, 7) is 0. The van der Waals surface area contributed by atoms with Crippen molar-refractivity contribution in [2.45, 2.75) is 0 Å². The number of furan rings is 1. The molecule has 3 aromatic rings. The first-order valence-corrected chi connectivity index (χ1v) is 7.46. The topological polar surface area (TPSA) is 97.7 Å². The van der Waals surface area contributed by atoms with E-state index in [0.717, 1.165) is 0 Å². The second kappa shape index (κ2) is 7.39. The molecule has 26 heavy (non-hydrogen) atoms. The number of nitro benzene ring substituents is 1. The van der Waals surface area contributed by atoms with Crippen LogP contribution in [0.25, 0.3) is 11.3 Å². The zero-order valence-corrected chi connectivity index (χ0v) is 13.3. The lowest BCUT2D eigenvalue weighted by atomic mass is 10.1. The van der Waals surface area contributed by atoms with Crippen LogP contribution in [0.4, 0.5) is 10.1 Å². The maximum atomic E-state index is 12.8. The van der Waals surface area contributed by atoms with E-state index in [4.69, 9.17) is 4.42 Å². The Labute approximate surface area is 146 Å². The first kappa shape index (κ1) is 17.0. The second-order valence-electron chi connectivity index (χ2n) is 5.22. The molecule has 8 heteroatoms. The van der Waals surface area contributed by atoms with Gasteiger partial charge in [0.25, 0.3) is 11.6 Å². The van der Waals surface area contributed by atoms with Crippen molar-refractivity contribution in [1.29, 1.82) is 0 Å². The molecule has 1 aromatic heterocycles. The third-order valence-electron chi connectivity index (χ3n) is 3.43. The Morgan fingerprint density at radius 3 is 2.65 bits per heavy atom. The molecule has 0 unspecified atom stereocenters. The van der Waals surface area contributed by atoms with Gasteiger partial charge in [-0.1, -0.05) is 12.1 Å². The summed E-state index contributed by atoms with van der Waals surface area (Å²) in [6, 6.07) is 14.3. The molecule has 0 saturated carbocycles. The standard InChI is InChI=1S/C18H12FN3O4/c19-14-6-4-12(5-7-14)18(23)21-20-11-16-8-9-17(26-16)13-2-1-3-15(10-13)22(24)25/h1-11H,(H,21,23)/b20-11-. The number of nitro groups is 1. The fourth-order valence-electron chi connectivity index (χ4n) is 2.17. The number of rotatable bonds is 5. The highest BCUT2D eigenvalue weighted by Gasteiger charge is 2.10. The molecular formula is C18H12FN3O4. The lowest BCUT2D eigenvalue weighted by Gasteiger charge is -1.99. The molecule has 2 aromatic carbocycles. The average molecular weight is 353 g/mol. The van der Waals surface area contributed by atoms with Crippen molar-refractivity contribution in [3.8, 4) is 11.3 Å². The Balaban J connectivity index is 1.67. The third-order valence-corrected chi connectivity index (χ3v) is 3.43. The van der Waals surface area contributed by atoms with Crippen LogP contribution in [0.1, 0.15) is 16.1 Å². The monoisotopic (exact) mass is 353 g/mol. The molecule has 7 nitrogen and oxygen atoms in total. The highest BCUT2D eigenvalue weighted by atomic mass is 19.1. The Hall–Kier alpha value is -3.81. The number of benzene rings is 2. The van der Waals surface area contributed by atoms with Gasteiger partial charge in [-0.05, 0) is 36.4 Å². The van der Waals surface area contributed by atoms with Gasteiger partial charge in [-0.2, -0.15) is 5.10 Å². The normalized spacial score (nSPS) is 10.8. The van der Waals surface area contributed by atoms with E-state index < -0.39 is 16.6 Å². The van der Waals surface area contributed by atoms with Gasteiger partial charge in [0.15, 0.2) is 0 Å². The molecule has 0 aliphatic heterocycles. The molecule has 0 aliphatic carbocycles. The zero-order chi connectivity index (χ0) is 18.5. The summed E-state index contributed by atoms with van der Waals surface area (Å²) in [5, 5.41) is 14.6. The highest BCUT2D eigenvalue weighted by Crippen LogP contribution is 2.25. The van der Waals surface area contributed by atoms with Gasteiger partial charge in [0.2, 0.25) is 0 Å². The summed E-state index contributed by atoms with van der Waals surface area (Å²) in [5.41, 5.74) is 3.07. The molecule has 130 valence electrons. The smallest absolute Gasteiger partial charge is 0.271 e. The van der Waals surface area contributed by atoms with Crippen molar-refractivity contribution in [2.24, 2.45) is 5.10 Å². The van der Waals surface area contributed by atoms with Crippen molar-refractivity contribution < 1.29 is 18.5 Å². The lowest BCUT2D eigenvalue weighted by molar-refractivity contribution is -0.384. The minimum atomic E-state index is -0.494. The van der Waals surface area contributed by atoms with Gasteiger partial charge in [0.05, 0.1) is 11.1 Å². The van der Waals surface area contributed by atoms with Crippen LogP contribution in [0.2, 0.25) is 0 Å². The van der Waals surface area contributed by atoms with Crippen molar-refractivity contribution in [1.82, 2.24) is 5.43 Å². The third kappa shape index (κ3) is 3.99. The molecule has 0 atom stereocenters. The Bertz CT molecular complexity index is 980. The molecule has 3 rings (SSSR count).